The first-order valence-electron chi connectivity index (χ1n) is 10.2. The highest BCUT2D eigenvalue weighted by atomic mass is 19.4. The number of benzene rings is 1. The van der Waals surface area contributed by atoms with Crippen molar-refractivity contribution in [3.63, 3.8) is 0 Å². The molecule has 1 aromatic rings. The van der Waals surface area contributed by atoms with E-state index in [4.69, 9.17) is 9.47 Å². The van der Waals surface area contributed by atoms with Gasteiger partial charge in [-0.3, -0.25) is 9.69 Å². The Kier molecular flexibility index (Phi) is 6.45. The number of alkyl halides is 3. The summed E-state index contributed by atoms with van der Waals surface area (Å²) < 4.78 is 49.7. The number of ether oxygens (including phenoxy) is 2. The number of nitrogens with zero attached hydrogens (tertiary/aromatic N) is 1. The lowest BCUT2D eigenvalue weighted by Gasteiger charge is -2.47. The Morgan fingerprint density at radius 2 is 1.77 bits per heavy atom. The minimum Gasteiger partial charge on any atom is -0.444 e. The molecule has 0 N–H and O–H groups in total. The number of carbonyl (C=O) groups is 2. The molecule has 8 heteroatoms. The van der Waals surface area contributed by atoms with Crippen LogP contribution in [-0.2, 0) is 26.9 Å². The van der Waals surface area contributed by atoms with Gasteiger partial charge in [0.2, 0.25) is 0 Å². The zero-order valence-corrected chi connectivity index (χ0v) is 17.5. The Balaban J connectivity index is 1.60. The molecule has 2 heterocycles. The molecule has 1 amide bonds. The van der Waals surface area contributed by atoms with Crippen molar-refractivity contribution >= 4 is 11.9 Å². The number of ketones is 1. The van der Waals surface area contributed by atoms with Gasteiger partial charge in [0.25, 0.3) is 0 Å². The van der Waals surface area contributed by atoms with Gasteiger partial charge in [0.1, 0.15) is 11.4 Å². The zero-order chi connectivity index (χ0) is 22.1. The molecule has 1 aromatic carbocycles. The minimum absolute atomic E-state index is 0.0214. The predicted octanol–water partition coefficient (Wildman–Crippen LogP) is 4.62. The summed E-state index contributed by atoms with van der Waals surface area (Å²) in [6.45, 7) is 6.13. The third kappa shape index (κ3) is 5.53. The highest BCUT2D eigenvalue weighted by Crippen LogP contribution is 2.34. The molecule has 2 unspecified atom stereocenters. The number of halogens is 3. The Bertz CT molecular complexity index is 773. The summed E-state index contributed by atoms with van der Waals surface area (Å²) >= 11 is 0. The van der Waals surface area contributed by atoms with Gasteiger partial charge in [-0.25, -0.2) is 4.79 Å². The van der Waals surface area contributed by atoms with E-state index in [-0.39, 0.29) is 36.6 Å². The summed E-state index contributed by atoms with van der Waals surface area (Å²) in [5.41, 5.74) is -0.818. The molecule has 0 saturated carbocycles. The van der Waals surface area contributed by atoms with Crippen LogP contribution in [0.3, 0.4) is 0 Å². The summed E-state index contributed by atoms with van der Waals surface area (Å²) in [5.74, 6) is -0.207. The molecular weight excluding hydrogens is 399 g/mol. The van der Waals surface area contributed by atoms with Crippen LogP contribution in [-0.4, -0.2) is 47.7 Å². The SMILES string of the molecule is CC(C)(C)OC(=O)N1C2COCC1CC(C(=O)CCc1cccc(C(F)(F)F)c1)C2. The number of hydrogen-bond acceptors (Lipinski definition) is 4. The van der Waals surface area contributed by atoms with Crippen LogP contribution in [0.5, 0.6) is 0 Å². The molecular formula is C22H28F3NO4. The van der Waals surface area contributed by atoms with Gasteiger partial charge >= 0.3 is 12.3 Å². The smallest absolute Gasteiger partial charge is 0.416 e. The van der Waals surface area contributed by atoms with Crippen molar-refractivity contribution in [2.24, 2.45) is 5.92 Å². The average molecular weight is 427 g/mol. The molecule has 0 aromatic heterocycles. The first-order chi connectivity index (χ1) is 13.9. The largest absolute Gasteiger partial charge is 0.444 e. The van der Waals surface area contributed by atoms with Crippen molar-refractivity contribution in [3.8, 4) is 0 Å². The van der Waals surface area contributed by atoms with E-state index in [2.05, 4.69) is 0 Å². The van der Waals surface area contributed by atoms with Crippen molar-refractivity contribution < 1.29 is 32.2 Å². The van der Waals surface area contributed by atoms with Gasteiger partial charge in [-0.15, -0.1) is 0 Å². The normalized spacial score (nSPS) is 24.5. The number of morpholine rings is 1. The number of rotatable bonds is 4. The lowest BCUT2D eigenvalue weighted by Crippen LogP contribution is -2.60. The third-order valence-corrected chi connectivity index (χ3v) is 5.49. The van der Waals surface area contributed by atoms with E-state index in [1.54, 1.807) is 31.7 Å². The Morgan fingerprint density at radius 1 is 1.13 bits per heavy atom. The lowest BCUT2D eigenvalue weighted by molar-refractivity contribution is -0.137. The maximum Gasteiger partial charge on any atom is 0.416 e. The number of carbonyl (C=O) groups excluding carboxylic acids is 2. The number of hydrogen-bond donors (Lipinski definition) is 0. The first kappa shape index (κ1) is 22.6. The van der Waals surface area contributed by atoms with Gasteiger partial charge in [0.15, 0.2) is 0 Å². The minimum atomic E-state index is -4.40. The van der Waals surface area contributed by atoms with E-state index in [1.807, 2.05) is 0 Å². The van der Waals surface area contributed by atoms with E-state index in [0.29, 0.717) is 31.6 Å². The van der Waals surface area contributed by atoms with Crippen LogP contribution < -0.4 is 0 Å². The van der Waals surface area contributed by atoms with Gasteiger partial charge in [0.05, 0.1) is 30.9 Å². The Hall–Kier alpha value is -2.09. The Morgan fingerprint density at radius 3 is 2.33 bits per heavy atom. The molecule has 5 nitrogen and oxygen atoms in total. The molecule has 0 radical (unpaired) electrons. The van der Waals surface area contributed by atoms with Crippen molar-refractivity contribution in [3.05, 3.63) is 35.4 Å². The van der Waals surface area contributed by atoms with Gasteiger partial charge in [-0.2, -0.15) is 13.2 Å². The van der Waals surface area contributed by atoms with Crippen LogP contribution in [0.15, 0.2) is 24.3 Å². The van der Waals surface area contributed by atoms with Crippen molar-refractivity contribution in [1.29, 1.82) is 0 Å². The van der Waals surface area contributed by atoms with Gasteiger partial charge < -0.3 is 9.47 Å². The van der Waals surface area contributed by atoms with Gasteiger partial charge in [0, 0.05) is 12.3 Å². The van der Waals surface area contributed by atoms with E-state index in [9.17, 15) is 22.8 Å². The molecule has 2 aliphatic rings. The molecule has 2 aliphatic heterocycles. The topological polar surface area (TPSA) is 55.8 Å². The van der Waals surface area contributed by atoms with Crippen LogP contribution in [0.4, 0.5) is 18.0 Å². The van der Waals surface area contributed by atoms with Crippen molar-refractivity contribution in [2.45, 2.75) is 70.3 Å². The second-order valence-electron chi connectivity index (χ2n) is 9.07. The number of amides is 1. The van der Waals surface area contributed by atoms with Crippen LogP contribution in [0.2, 0.25) is 0 Å². The van der Waals surface area contributed by atoms with E-state index >= 15 is 0 Å². The van der Waals surface area contributed by atoms with Crippen molar-refractivity contribution in [2.75, 3.05) is 13.2 Å². The molecule has 2 atom stereocenters. The summed E-state index contributed by atoms with van der Waals surface area (Å²) in [7, 11) is 0. The van der Waals surface area contributed by atoms with Gasteiger partial charge in [-0.1, -0.05) is 18.2 Å². The molecule has 30 heavy (non-hydrogen) atoms. The number of aryl methyl sites for hydroxylation is 1. The van der Waals surface area contributed by atoms with E-state index in [1.165, 1.54) is 6.07 Å². The molecule has 3 rings (SSSR count). The number of piperidine rings is 1. The van der Waals surface area contributed by atoms with Crippen molar-refractivity contribution in [1.82, 2.24) is 4.90 Å². The number of fused-ring (bicyclic) bond motifs is 2. The molecule has 166 valence electrons. The standard InChI is InChI=1S/C22H28F3NO4/c1-21(2,3)30-20(28)26-17-10-15(11-18(26)13-29-12-17)19(27)8-7-14-5-4-6-16(9-14)22(23,24)25/h4-6,9,15,17-18H,7-8,10-13H2,1-3H3. The lowest BCUT2D eigenvalue weighted by atomic mass is 9.81. The van der Waals surface area contributed by atoms with E-state index in [0.717, 1.165) is 12.1 Å². The van der Waals surface area contributed by atoms with Crippen LogP contribution in [0, 0.1) is 5.92 Å². The predicted molar refractivity (Wildman–Crippen MR) is 104 cm³/mol. The summed E-state index contributed by atoms with van der Waals surface area (Å²) in [6.07, 6.45) is -3.38. The first-order valence-corrected chi connectivity index (χ1v) is 10.2. The third-order valence-electron chi connectivity index (χ3n) is 5.49. The maximum absolute atomic E-state index is 12.9. The summed E-state index contributed by atoms with van der Waals surface area (Å²) in [5, 5.41) is 0. The molecule has 0 spiro atoms. The molecule has 2 bridgehead atoms. The van der Waals surface area contributed by atoms with Gasteiger partial charge in [-0.05, 0) is 51.7 Å². The summed E-state index contributed by atoms with van der Waals surface area (Å²) in [6, 6.07) is 4.64. The fourth-order valence-electron chi connectivity index (χ4n) is 4.17. The second-order valence-corrected chi connectivity index (χ2v) is 9.07. The molecule has 2 saturated heterocycles. The fraction of sp³-hybridized carbons (Fsp3) is 0.636. The van der Waals surface area contributed by atoms with Crippen LogP contribution in [0.1, 0.15) is 51.2 Å². The monoisotopic (exact) mass is 427 g/mol. The Labute approximate surface area is 174 Å². The van der Waals surface area contributed by atoms with Crippen LogP contribution in [0.25, 0.3) is 0 Å². The molecule has 2 fully saturated rings. The zero-order valence-electron chi connectivity index (χ0n) is 17.5. The highest BCUT2D eigenvalue weighted by molar-refractivity contribution is 5.82. The summed E-state index contributed by atoms with van der Waals surface area (Å²) in [4.78, 5) is 27.1. The fourth-order valence-corrected chi connectivity index (χ4v) is 4.17. The average Bonchev–Trinajstić information content (AvgIpc) is 2.63. The molecule has 0 aliphatic carbocycles. The van der Waals surface area contributed by atoms with E-state index < -0.39 is 23.4 Å². The highest BCUT2D eigenvalue weighted by Gasteiger charge is 2.44. The maximum atomic E-state index is 12.9. The number of Topliss-reactive ketones (excluding diaryl/α,β-unsaturated/α-hetero) is 1. The van der Waals surface area contributed by atoms with Crippen LogP contribution >= 0.6 is 0 Å². The second kappa shape index (κ2) is 8.57. The quantitative estimate of drug-likeness (QED) is 0.704.